The predicted molar refractivity (Wildman–Crippen MR) is 103 cm³/mol. The van der Waals surface area contributed by atoms with Crippen molar-refractivity contribution in [2.24, 2.45) is 0 Å². The lowest BCUT2D eigenvalue weighted by Gasteiger charge is -2.34. The number of carbonyl (C=O) groups is 2. The number of anilines is 1. The SMILES string of the molecule is O=C(OCC(=O)N1CCN(c2ncccn2)CC1)c1cc2ccccc2s1. The maximum atomic E-state index is 12.4. The Bertz CT molecular complexity index is 919. The van der Waals surface area contributed by atoms with E-state index in [1.54, 1.807) is 29.4 Å². The van der Waals surface area contributed by atoms with Gasteiger partial charge in [0.05, 0.1) is 0 Å². The zero-order valence-electron chi connectivity index (χ0n) is 14.6. The van der Waals surface area contributed by atoms with Crippen LogP contribution in [0.15, 0.2) is 48.8 Å². The summed E-state index contributed by atoms with van der Waals surface area (Å²) in [6.45, 7) is 2.17. The predicted octanol–water partition coefficient (Wildman–Crippen LogP) is 2.20. The van der Waals surface area contributed by atoms with Crippen molar-refractivity contribution in [1.82, 2.24) is 14.9 Å². The Kier molecular flexibility index (Phi) is 4.97. The van der Waals surface area contributed by atoms with E-state index in [4.69, 9.17) is 4.74 Å². The third-order valence-corrected chi connectivity index (χ3v) is 5.52. The van der Waals surface area contributed by atoms with Gasteiger partial charge < -0.3 is 14.5 Å². The van der Waals surface area contributed by atoms with Gasteiger partial charge >= 0.3 is 5.97 Å². The first kappa shape index (κ1) is 17.4. The van der Waals surface area contributed by atoms with Gasteiger partial charge in [-0.3, -0.25) is 4.79 Å². The molecule has 1 aromatic carbocycles. The van der Waals surface area contributed by atoms with Crippen LogP contribution in [0, 0.1) is 0 Å². The summed E-state index contributed by atoms with van der Waals surface area (Å²) in [5.41, 5.74) is 0. The van der Waals surface area contributed by atoms with Crippen molar-refractivity contribution in [3.05, 3.63) is 53.7 Å². The van der Waals surface area contributed by atoms with Crippen LogP contribution in [-0.4, -0.2) is 59.5 Å². The lowest BCUT2D eigenvalue weighted by Crippen LogP contribution is -2.50. The number of thiophene rings is 1. The van der Waals surface area contributed by atoms with Crippen LogP contribution in [0.25, 0.3) is 10.1 Å². The molecule has 0 saturated carbocycles. The molecule has 1 aliphatic heterocycles. The Morgan fingerprint density at radius 2 is 1.78 bits per heavy atom. The molecule has 0 bridgehead atoms. The standard InChI is InChI=1S/C19H18N4O3S/c24-17(22-8-10-23(11-9-22)19-20-6-3-7-21-19)13-26-18(25)16-12-14-4-1-2-5-15(14)27-16/h1-7,12H,8-11,13H2. The Morgan fingerprint density at radius 3 is 2.52 bits per heavy atom. The molecule has 1 aliphatic rings. The van der Waals surface area contributed by atoms with Crippen LogP contribution in [0.2, 0.25) is 0 Å². The summed E-state index contributed by atoms with van der Waals surface area (Å²) in [7, 11) is 0. The number of aromatic nitrogens is 2. The molecule has 1 fully saturated rings. The first-order valence-corrected chi connectivity index (χ1v) is 9.48. The molecule has 1 saturated heterocycles. The lowest BCUT2D eigenvalue weighted by molar-refractivity contribution is -0.134. The molecule has 0 spiro atoms. The maximum absolute atomic E-state index is 12.4. The molecule has 0 unspecified atom stereocenters. The van der Waals surface area contributed by atoms with Crippen molar-refractivity contribution in [2.45, 2.75) is 0 Å². The van der Waals surface area contributed by atoms with Crippen LogP contribution >= 0.6 is 11.3 Å². The van der Waals surface area contributed by atoms with E-state index in [0.29, 0.717) is 37.0 Å². The number of esters is 1. The van der Waals surface area contributed by atoms with E-state index < -0.39 is 5.97 Å². The molecular formula is C19H18N4O3S. The molecule has 3 aromatic rings. The van der Waals surface area contributed by atoms with Gasteiger partial charge in [0.15, 0.2) is 6.61 Å². The molecule has 138 valence electrons. The molecular weight excluding hydrogens is 364 g/mol. The quantitative estimate of drug-likeness (QED) is 0.644. The molecule has 4 rings (SSSR count). The molecule has 27 heavy (non-hydrogen) atoms. The molecule has 1 amide bonds. The van der Waals surface area contributed by atoms with Crippen LogP contribution < -0.4 is 4.90 Å². The second-order valence-electron chi connectivity index (χ2n) is 6.14. The zero-order valence-corrected chi connectivity index (χ0v) is 15.4. The number of hydrogen-bond donors (Lipinski definition) is 0. The summed E-state index contributed by atoms with van der Waals surface area (Å²) in [6, 6.07) is 11.3. The first-order chi connectivity index (χ1) is 13.2. The Labute approximate surface area is 160 Å². The van der Waals surface area contributed by atoms with Crippen molar-refractivity contribution in [1.29, 1.82) is 0 Å². The van der Waals surface area contributed by atoms with Gasteiger partial charge in [-0.15, -0.1) is 11.3 Å². The summed E-state index contributed by atoms with van der Waals surface area (Å²) in [4.78, 5) is 37.3. The van der Waals surface area contributed by atoms with E-state index in [-0.39, 0.29) is 12.5 Å². The van der Waals surface area contributed by atoms with Crippen molar-refractivity contribution in [2.75, 3.05) is 37.7 Å². The normalized spacial score (nSPS) is 14.4. The molecule has 0 radical (unpaired) electrons. The van der Waals surface area contributed by atoms with Crippen molar-refractivity contribution >= 4 is 39.2 Å². The van der Waals surface area contributed by atoms with Crippen LogP contribution in [0.3, 0.4) is 0 Å². The number of piperazine rings is 1. The van der Waals surface area contributed by atoms with Gasteiger partial charge in [-0.1, -0.05) is 18.2 Å². The second-order valence-corrected chi connectivity index (χ2v) is 7.23. The summed E-state index contributed by atoms with van der Waals surface area (Å²) >= 11 is 1.37. The largest absolute Gasteiger partial charge is 0.451 e. The zero-order chi connectivity index (χ0) is 18.6. The molecule has 7 nitrogen and oxygen atoms in total. The van der Waals surface area contributed by atoms with E-state index >= 15 is 0 Å². The number of nitrogens with zero attached hydrogens (tertiary/aromatic N) is 4. The minimum absolute atomic E-state index is 0.182. The number of hydrogen-bond acceptors (Lipinski definition) is 7. The van der Waals surface area contributed by atoms with Crippen LogP contribution in [-0.2, 0) is 9.53 Å². The number of ether oxygens (including phenoxy) is 1. The lowest BCUT2D eigenvalue weighted by atomic mass is 10.2. The third-order valence-electron chi connectivity index (χ3n) is 4.42. The fourth-order valence-electron chi connectivity index (χ4n) is 2.98. The smallest absolute Gasteiger partial charge is 0.348 e. The topological polar surface area (TPSA) is 75.6 Å². The minimum Gasteiger partial charge on any atom is -0.451 e. The number of benzene rings is 1. The highest BCUT2D eigenvalue weighted by molar-refractivity contribution is 7.20. The van der Waals surface area contributed by atoms with Crippen molar-refractivity contribution < 1.29 is 14.3 Å². The Morgan fingerprint density at radius 1 is 1.04 bits per heavy atom. The fraction of sp³-hybridized carbons (Fsp3) is 0.263. The molecule has 8 heteroatoms. The maximum Gasteiger partial charge on any atom is 0.348 e. The van der Waals surface area contributed by atoms with Gasteiger partial charge in [-0.25, -0.2) is 14.8 Å². The average molecular weight is 382 g/mol. The molecule has 0 N–H and O–H groups in total. The summed E-state index contributed by atoms with van der Waals surface area (Å²) in [6.07, 6.45) is 3.40. The van der Waals surface area contributed by atoms with Crippen LogP contribution in [0.5, 0.6) is 0 Å². The van der Waals surface area contributed by atoms with E-state index in [9.17, 15) is 9.59 Å². The van der Waals surface area contributed by atoms with E-state index in [1.165, 1.54) is 11.3 Å². The summed E-state index contributed by atoms with van der Waals surface area (Å²) in [5.74, 6) is 0.0275. The number of rotatable bonds is 4. The van der Waals surface area contributed by atoms with E-state index in [0.717, 1.165) is 10.1 Å². The van der Waals surface area contributed by atoms with Crippen molar-refractivity contribution in [3.63, 3.8) is 0 Å². The monoisotopic (exact) mass is 382 g/mol. The minimum atomic E-state index is -0.458. The van der Waals surface area contributed by atoms with Gasteiger partial charge in [0, 0.05) is 43.3 Å². The van der Waals surface area contributed by atoms with Crippen LogP contribution in [0.4, 0.5) is 5.95 Å². The highest BCUT2D eigenvalue weighted by Gasteiger charge is 2.23. The first-order valence-electron chi connectivity index (χ1n) is 8.66. The van der Waals surface area contributed by atoms with Gasteiger partial charge in [-0.2, -0.15) is 0 Å². The van der Waals surface area contributed by atoms with Gasteiger partial charge in [0.2, 0.25) is 5.95 Å². The molecule has 0 atom stereocenters. The molecule has 3 heterocycles. The molecule has 0 aliphatic carbocycles. The fourth-order valence-corrected chi connectivity index (χ4v) is 3.94. The Hall–Kier alpha value is -3.00. The van der Waals surface area contributed by atoms with Gasteiger partial charge in [0.25, 0.3) is 5.91 Å². The molecule has 2 aromatic heterocycles. The summed E-state index contributed by atoms with van der Waals surface area (Å²) < 4.78 is 6.25. The summed E-state index contributed by atoms with van der Waals surface area (Å²) in [5, 5.41) is 1.00. The third kappa shape index (κ3) is 3.90. The average Bonchev–Trinajstić information content (AvgIpc) is 3.17. The number of fused-ring (bicyclic) bond motifs is 1. The van der Waals surface area contributed by atoms with Crippen LogP contribution in [0.1, 0.15) is 9.67 Å². The van der Waals surface area contributed by atoms with Gasteiger partial charge in [0.1, 0.15) is 4.88 Å². The highest BCUT2D eigenvalue weighted by atomic mass is 32.1. The van der Waals surface area contributed by atoms with E-state index in [2.05, 4.69) is 9.97 Å². The van der Waals surface area contributed by atoms with E-state index in [1.807, 2.05) is 29.2 Å². The number of carbonyl (C=O) groups excluding carboxylic acids is 2. The van der Waals surface area contributed by atoms with Gasteiger partial charge in [-0.05, 0) is 23.6 Å². The van der Waals surface area contributed by atoms with Crippen molar-refractivity contribution in [3.8, 4) is 0 Å². The number of amides is 1. The second kappa shape index (κ2) is 7.71. The highest BCUT2D eigenvalue weighted by Crippen LogP contribution is 2.25. The Balaban J connectivity index is 1.29.